The molecule has 1 saturated heterocycles. The van der Waals surface area contributed by atoms with E-state index in [0.29, 0.717) is 6.04 Å². The number of hydrogen-bond acceptors (Lipinski definition) is 3. The van der Waals surface area contributed by atoms with Crippen molar-refractivity contribution in [1.29, 1.82) is 0 Å². The predicted molar refractivity (Wildman–Crippen MR) is 79.3 cm³/mol. The minimum Gasteiger partial charge on any atom is -0.387 e. The lowest BCUT2D eigenvalue weighted by molar-refractivity contribution is -0.126. The Morgan fingerprint density at radius 2 is 2.35 bits per heavy atom. The van der Waals surface area contributed by atoms with Gasteiger partial charge in [0.1, 0.15) is 0 Å². The van der Waals surface area contributed by atoms with Gasteiger partial charge in [-0.1, -0.05) is 29.8 Å². The van der Waals surface area contributed by atoms with Crippen LogP contribution in [0.1, 0.15) is 37.0 Å². The average molecular weight is 276 g/mol. The van der Waals surface area contributed by atoms with Crippen LogP contribution in [0.15, 0.2) is 24.3 Å². The molecule has 0 spiro atoms. The molecule has 1 amide bonds. The maximum atomic E-state index is 12.1. The second-order valence-electron chi connectivity index (χ2n) is 5.75. The molecule has 20 heavy (non-hydrogen) atoms. The number of aryl methyl sites for hydroxylation is 1. The Morgan fingerprint density at radius 1 is 1.55 bits per heavy atom. The van der Waals surface area contributed by atoms with E-state index in [1.54, 1.807) is 0 Å². The summed E-state index contributed by atoms with van der Waals surface area (Å²) in [6.45, 7) is 5.26. The van der Waals surface area contributed by atoms with Crippen molar-refractivity contribution >= 4 is 5.91 Å². The van der Waals surface area contributed by atoms with Crippen molar-refractivity contribution < 1.29 is 9.90 Å². The molecular formula is C16H24N2O2. The molecule has 0 saturated carbocycles. The van der Waals surface area contributed by atoms with E-state index in [1.165, 1.54) is 0 Å². The summed E-state index contributed by atoms with van der Waals surface area (Å²) in [5.41, 5.74) is 1.96. The highest BCUT2D eigenvalue weighted by Crippen LogP contribution is 2.17. The number of piperidine rings is 1. The van der Waals surface area contributed by atoms with Gasteiger partial charge in [-0.15, -0.1) is 0 Å². The van der Waals surface area contributed by atoms with E-state index in [9.17, 15) is 9.90 Å². The van der Waals surface area contributed by atoms with Gasteiger partial charge in [-0.25, -0.2) is 0 Å². The van der Waals surface area contributed by atoms with E-state index in [2.05, 4.69) is 17.6 Å². The molecule has 4 nitrogen and oxygen atoms in total. The van der Waals surface area contributed by atoms with Gasteiger partial charge in [-0.05, 0) is 38.8 Å². The Morgan fingerprint density at radius 3 is 3.05 bits per heavy atom. The zero-order valence-corrected chi connectivity index (χ0v) is 12.2. The van der Waals surface area contributed by atoms with Crippen LogP contribution in [0.25, 0.3) is 0 Å². The number of aliphatic hydroxyl groups is 1. The van der Waals surface area contributed by atoms with Gasteiger partial charge in [0.2, 0.25) is 5.91 Å². The maximum absolute atomic E-state index is 12.1. The smallest absolute Gasteiger partial charge is 0.223 e. The molecule has 0 bridgehead atoms. The van der Waals surface area contributed by atoms with Crippen molar-refractivity contribution in [1.82, 2.24) is 10.6 Å². The summed E-state index contributed by atoms with van der Waals surface area (Å²) >= 11 is 0. The Bertz CT molecular complexity index is 462. The molecular weight excluding hydrogens is 252 g/mol. The van der Waals surface area contributed by atoms with Crippen LogP contribution in [-0.4, -0.2) is 30.1 Å². The average Bonchev–Trinajstić information content (AvgIpc) is 2.44. The molecule has 1 aliphatic rings. The normalized spacial score (nSPS) is 24.1. The summed E-state index contributed by atoms with van der Waals surface area (Å²) < 4.78 is 0. The first-order valence-corrected chi connectivity index (χ1v) is 7.32. The van der Waals surface area contributed by atoms with Crippen LogP contribution in [0, 0.1) is 12.8 Å². The molecule has 1 unspecified atom stereocenters. The molecule has 0 aliphatic carbocycles. The standard InChI is InChI=1S/C16H24N2O2/c1-11-4-3-5-13(8-11)15(19)10-18-16(20)14-6-7-17-12(2)9-14/h3-5,8,12,14-15,17,19H,6-7,9-10H2,1-2H3,(H,18,20)/t12-,14-,15?/m0/s1. The fourth-order valence-corrected chi connectivity index (χ4v) is 2.71. The monoisotopic (exact) mass is 276 g/mol. The van der Waals surface area contributed by atoms with Gasteiger partial charge in [0.05, 0.1) is 6.10 Å². The predicted octanol–water partition coefficient (Wildman–Crippen LogP) is 1.53. The number of rotatable bonds is 4. The topological polar surface area (TPSA) is 61.4 Å². The molecule has 3 N–H and O–H groups in total. The highest BCUT2D eigenvalue weighted by Gasteiger charge is 2.24. The van der Waals surface area contributed by atoms with Crippen LogP contribution >= 0.6 is 0 Å². The molecule has 110 valence electrons. The number of carbonyl (C=O) groups excluding carboxylic acids is 1. The number of benzene rings is 1. The lowest BCUT2D eigenvalue weighted by Gasteiger charge is -2.27. The highest BCUT2D eigenvalue weighted by atomic mass is 16.3. The van der Waals surface area contributed by atoms with Crippen LogP contribution in [0.2, 0.25) is 0 Å². The van der Waals surface area contributed by atoms with Crippen LogP contribution < -0.4 is 10.6 Å². The first-order valence-electron chi connectivity index (χ1n) is 7.32. The SMILES string of the molecule is Cc1cccc(C(O)CNC(=O)[C@H]2CCN[C@@H](C)C2)c1. The number of hydrogen-bond donors (Lipinski definition) is 3. The van der Waals surface area contributed by atoms with E-state index >= 15 is 0 Å². The third-order valence-electron chi connectivity index (χ3n) is 3.89. The van der Waals surface area contributed by atoms with E-state index < -0.39 is 6.10 Å². The van der Waals surface area contributed by atoms with Gasteiger partial charge in [-0.2, -0.15) is 0 Å². The fraction of sp³-hybridized carbons (Fsp3) is 0.562. The number of carbonyl (C=O) groups is 1. The number of nitrogens with one attached hydrogen (secondary N) is 2. The molecule has 0 radical (unpaired) electrons. The molecule has 1 aliphatic heterocycles. The van der Waals surface area contributed by atoms with E-state index in [-0.39, 0.29) is 18.4 Å². The molecule has 1 fully saturated rings. The van der Waals surface area contributed by atoms with Crippen LogP contribution in [0.4, 0.5) is 0 Å². The van der Waals surface area contributed by atoms with Crippen molar-refractivity contribution in [3.8, 4) is 0 Å². The van der Waals surface area contributed by atoms with Gasteiger partial charge in [0.25, 0.3) is 0 Å². The molecule has 0 aromatic heterocycles. The molecule has 3 atom stereocenters. The summed E-state index contributed by atoms with van der Waals surface area (Å²) in [4.78, 5) is 12.1. The summed E-state index contributed by atoms with van der Waals surface area (Å²) in [6, 6.07) is 8.14. The van der Waals surface area contributed by atoms with E-state index in [1.807, 2.05) is 31.2 Å². The van der Waals surface area contributed by atoms with Crippen molar-refractivity contribution in [3.05, 3.63) is 35.4 Å². The molecule has 4 heteroatoms. The van der Waals surface area contributed by atoms with Gasteiger partial charge < -0.3 is 15.7 Å². The molecule has 1 heterocycles. The van der Waals surface area contributed by atoms with Gasteiger partial charge in [0.15, 0.2) is 0 Å². The van der Waals surface area contributed by atoms with Gasteiger partial charge in [0, 0.05) is 18.5 Å². The van der Waals surface area contributed by atoms with E-state index in [4.69, 9.17) is 0 Å². The molecule has 1 aromatic rings. The zero-order valence-electron chi connectivity index (χ0n) is 12.2. The van der Waals surface area contributed by atoms with Crippen LogP contribution in [-0.2, 0) is 4.79 Å². The fourth-order valence-electron chi connectivity index (χ4n) is 2.71. The van der Waals surface area contributed by atoms with Crippen molar-refractivity contribution in [2.45, 2.75) is 38.8 Å². The second kappa shape index (κ2) is 6.86. The Hall–Kier alpha value is -1.39. The minimum absolute atomic E-state index is 0.0602. The number of aliphatic hydroxyl groups excluding tert-OH is 1. The number of amides is 1. The molecule has 1 aromatic carbocycles. The Labute approximate surface area is 120 Å². The third kappa shape index (κ3) is 4.05. The van der Waals surface area contributed by atoms with Gasteiger partial charge >= 0.3 is 0 Å². The van der Waals surface area contributed by atoms with Crippen molar-refractivity contribution in [2.24, 2.45) is 5.92 Å². The second-order valence-corrected chi connectivity index (χ2v) is 5.75. The first-order chi connectivity index (χ1) is 9.56. The largest absolute Gasteiger partial charge is 0.387 e. The molecule has 2 rings (SSSR count). The summed E-state index contributed by atoms with van der Waals surface area (Å²) in [6.07, 6.45) is 1.10. The summed E-state index contributed by atoms with van der Waals surface area (Å²) in [5.74, 6) is 0.126. The first kappa shape index (κ1) is 15.0. The lowest BCUT2D eigenvalue weighted by atomic mass is 9.92. The maximum Gasteiger partial charge on any atom is 0.223 e. The van der Waals surface area contributed by atoms with Crippen LogP contribution in [0.5, 0.6) is 0 Å². The summed E-state index contributed by atoms with van der Waals surface area (Å²) in [5, 5.41) is 16.3. The minimum atomic E-state index is -0.641. The Balaban J connectivity index is 1.83. The third-order valence-corrected chi connectivity index (χ3v) is 3.89. The van der Waals surface area contributed by atoms with Gasteiger partial charge in [-0.3, -0.25) is 4.79 Å². The lowest BCUT2D eigenvalue weighted by Crippen LogP contribution is -2.43. The Kier molecular flexibility index (Phi) is 5.15. The summed E-state index contributed by atoms with van der Waals surface area (Å²) in [7, 11) is 0. The highest BCUT2D eigenvalue weighted by molar-refractivity contribution is 5.78. The van der Waals surface area contributed by atoms with E-state index in [0.717, 1.165) is 30.5 Å². The quantitative estimate of drug-likeness (QED) is 0.781. The van der Waals surface area contributed by atoms with Crippen LogP contribution in [0.3, 0.4) is 0 Å². The van der Waals surface area contributed by atoms with Crippen molar-refractivity contribution in [3.63, 3.8) is 0 Å². The van der Waals surface area contributed by atoms with Crippen molar-refractivity contribution in [2.75, 3.05) is 13.1 Å². The zero-order chi connectivity index (χ0) is 14.5.